The Kier molecular flexibility index (Phi) is 4.46. The maximum atomic E-state index is 10.5. The number of piperidine rings is 1. The van der Waals surface area contributed by atoms with E-state index in [-0.39, 0.29) is 18.4 Å². The number of rotatable bonds is 5. The summed E-state index contributed by atoms with van der Waals surface area (Å²) in [6.07, 6.45) is 2.61. The van der Waals surface area contributed by atoms with Crippen LogP contribution in [0.25, 0.3) is 0 Å². The number of aliphatic carboxylic acids is 1. The van der Waals surface area contributed by atoms with Gasteiger partial charge in [-0.15, -0.1) is 0 Å². The summed E-state index contributed by atoms with van der Waals surface area (Å²) in [5.41, 5.74) is -0.0339. The minimum Gasteiger partial charge on any atom is -0.480 e. The fraction of sp³-hybridized carbons (Fsp3) is 0.500. The van der Waals surface area contributed by atoms with Crippen molar-refractivity contribution in [3.8, 4) is 0 Å². The molecule has 8 nitrogen and oxygen atoms in total. The van der Waals surface area contributed by atoms with E-state index in [1.807, 2.05) is 4.90 Å². The molecule has 0 spiro atoms. The van der Waals surface area contributed by atoms with Crippen molar-refractivity contribution < 1.29 is 19.6 Å². The number of anilines is 1. The number of carboxylic acids is 1. The number of nitro groups is 1. The van der Waals surface area contributed by atoms with E-state index in [9.17, 15) is 14.9 Å². The minimum atomic E-state index is -0.968. The van der Waals surface area contributed by atoms with Crippen molar-refractivity contribution in [3.63, 3.8) is 0 Å². The SMILES string of the molecule is O=C(O)COC1CCN(c2ccc([N+](=O)[O-])cn2)CC1. The van der Waals surface area contributed by atoms with Crippen molar-refractivity contribution in [1.29, 1.82) is 0 Å². The molecule has 0 radical (unpaired) electrons. The Morgan fingerprint density at radius 3 is 2.70 bits per heavy atom. The molecule has 1 fully saturated rings. The highest BCUT2D eigenvalue weighted by atomic mass is 16.6. The zero-order valence-corrected chi connectivity index (χ0v) is 10.8. The smallest absolute Gasteiger partial charge is 0.329 e. The van der Waals surface area contributed by atoms with E-state index >= 15 is 0 Å². The van der Waals surface area contributed by atoms with Gasteiger partial charge in [0, 0.05) is 19.2 Å². The standard InChI is InChI=1S/C12H15N3O5/c16-12(17)8-20-10-3-5-14(6-4-10)11-2-1-9(7-13-11)15(18)19/h1-2,7,10H,3-6,8H2,(H,16,17). The zero-order valence-electron chi connectivity index (χ0n) is 10.8. The Bertz CT molecular complexity index is 482. The summed E-state index contributed by atoms with van der Waals surface area (Å²) in [4.78, 5) is 26.6. The lowest BCUT2D eigenvalue weighted by Gasteiger charge is -2.32. The van der Waals surface area contributed by atoms with E-state index in [0.717, 1.165) is 0 Å². The molecular weight excluding hydrogens is 266 g/mol. The number of ether oxygens (including phenoxy) is 1. The Morgan fingerprint density at radius 1 is 1.50 bits per heavy atom. The van der Waals surface area contributed by atoms with Gasteiger partial charge in [0.1, 0.15) is 18.6 Å². The van der Waals surface area contributed by atoms with Gasteiger partial charge in [-0.2, -0.15) is 0 Å². The van der Waals surface area contributed by atoms with Crippen molar-refractivity contribution >= 4 is 17.5 Å². The fourth-order valence-electron chi connectivity index (χ4n) is 2.11. The predicted octanol–water partition coefficient (Wildman–Crippen LogP) is 1.06. The summed E-state index contributed by atoms with van der Waals surface area (Å²) < 4.78 is 5.24. The van der Waals surface area contributed by atoms with Gasteiger partial charge in [0.25, 0.3) is 5.69 Å². The molecule has 1 aromatic rings. The molecule has 0 atom stereocenters. The Balaban J connectivity index is 1.87. The monoisotopic (exact) mass is 281 g/mol. The van der Waals surface area contributed by atoms with Gasteiger partial charge >= 0.3 is 5.97 Å². The van der Waals surface area contributed by atoms with Gasteiger partial charge in [0.15, 0.2) is 0 Å². The average Bonchev–Trinajstić information content (AvgIpc) is 2.46. The summed E-state index contributed by atoms with van der Waals surface area (Å²) in [7, 11) is 0. The van der Waals surface area contributed by atoms with Crippen LogP contribution in [0.2, 0.25) is 0 Å². The lowest BCUT2D eigenvalue weighted by atomic mass is 10.1. The average molecular weight is 281 g/mol. The number of hydrogen-bond acceptors (Lipinski definition) is 6. The molecule has 2 rings (SSSR count). The van der Waals surface area contributed by atoms with Crippen LogP contribution in [-0.4, -0.2) is 46.8 Å². The first kappa shape index (κ1) is 14.2. The Morgan fingerprint density at radius 2 is 2.20 bits per heavy atom. The molecule has 1 N–H and O–H groups in total. The number of nitrogens with zero attached hydrogens (tertiary/aromatic N) is 3. The van der Waals surface area contributed by atoms with E-state index in [1.165, 1.54) is 12.3 Å². The van der Waals surface area contributed by atoms with E-state index < -0.39 is 10.9 Å². The van der Waals surface area contributed by atoms with Crippen LogP contribution in [0.5, 0.6) is 0 Å². The number of pyridine rings is 1. The number of carboxylic acid groups (broad SMARTS) is 1. The van der Waals surface area contributed by atoms with E-state index in [0.29, 0.717) is 31.7 Å². The molecule has 0 saturated carbocycles. The van der Waals surface area contributed by atoms with Gasteiger partial charge in [-0.1, -0.05) is 0 Å². The third-order valence-corrected chi connectivity index (χ3v) is 3.15. The molecule has 8 heteroatoms. The lowest BCUT2D eigenvalue weighted by molar-refractivity contribution is -0.385. The molecular formula is C12H15N3O5. The largest absolute Gasteiger partial charge is 0.480 e. The predicted molar refractivity (Wildman–Crippen MR) is 69.7 cm³/mol. The van der Waals surface area contributed by atoms with Gasteiger partial charge in [0.05, 0.1) is 11.0 Å². The summed E-state index contributed by atoms with van der Waals surface area (Å²) in [6, 6.07) is 3.05. The van der Waals surface area contributed by atoms with Gasteiger partial charge in [0.2, 0.25) is 0 Å². The molecule has 0 bridgehead atoms. The fourth-order valence-corrected chi connectivity index (χ4v) is 2.11. The van der Waals surface area contributed by atoms with E-state index in [1.54, 1.807) is 6.07 Å². The molecule has 0 aromatic carbocycles. The van der Waals surface area contributed by atoms with Crippen LogP contribution < -0.4 is 4.90 Å². The van der Waals surface area contributed by atoms with Crippen molar-refractivity contribution in [1.82, 2.24) is 4.98 Å². The number of hydrogen-bond donors (Lipinski definition) is 1. The Labute approximate surface area is 115 Å². The summed E-state index contributed by atoms with van der Waals surface area (Å²) in [6.45, 7) is 1.10. The molecule has 2 heterocycles. The summed E-state index contributed by atoms with van der Waals surface area (Å²) >= 11 is 0. The lowest BCUT2D eigenvalue weighted by Crippen LogP contribution is -2.38. The molecule has 20 heavy (non-hydrogen) atoms. The second-order valence-electron chi connectivity index (χ2n) is 4.52. The van der Waals surface area contributed by atoms with E-state index in [2.05, 4.69) is 4.98 Å². The van der Waals surface area contributed by atoms with Crippen LogP contribution in [0.3, 0.4) is 0 Å². The van der Waals surface area contributed by atoms with Crippen molar-refractivity contribution in [2.75, 3.05) is 24.6 Å². The Hall–Kier alpha value is -2.22. The highest BCUT2D eigenvalue weighted by Crippen LogP contribution is 2.21. The van der Waals surface area contributed by atoms with Crippen LogP contribution in [-0.2, 0) is 9.53 Å². The maximum Gasteiger partial charge on any atom is 0.329 e. The molecule has 0 aliphatic carbocycles. The van der Waals surface area contributed by atoms with Crippen LogP contribution in [0, 0.1) is 10.1 Å². The molecule has 0 amide bonds. The van der Waals surface area contributed by atoms with Crippen molar-refractivity contribution in [3.05, 3.63) is 28.4 Å². The number of aromatic nitrogens is 1. The van der Waals surface area contributed by atoms with Gasteiger partial charge in [-0.3, -0.25) is 10.1 Å². The molecule has 0 unspecified atom stereocenters. The van der Waals surface area contributed by atoms with Crippen LogP contribution in [0.15, 0.2) is 18.3 Å². The van der Waals surface area contributed by atoms with Gasteiger partial charge in [-0.05, 0) is 18.9 Å². The summed E-state index contributed by atoms with van der Waals surface area (Å²) in [5, 5.41) is 19.1. The minimum absolute atomic E-state index is 0.0339. The van der Waals surface area contributed by atoms with Crippen molar-refractivity contribution in [2.24, 2.45) is 0 Å². The molecule has 108 valence electrons. The van der Waals surface area contributed by atoms with E-state index in [4.69, 9.17) is 9.84 Å². The third kappa shape index (κ3) is 3.64. The second-order valence-corrected chi connectivity index (χ2v) is 4.52. The quantitative estimate of drug-likeness (QED) is 0.635. The van der Waals surface area contributed by atoms with Gasteiger partial charge in [-0.25, -0.2) is 9.78 Å². The molecule has 1 aromatic heterocycles. The molecule has 1 aliphatic heterocycles. The second kappa shape index (κ2) is 6.29. The number of carbonyl (C=O) groups is 1. The first-order chi connectivity index (χ1) is 9.56. The maximum absolute atomic E-state index is 10.5. The van der Waals surface area contributed by atoms with Gasteiger partial charge < -0.3 is 14.7 Å². The summed E-state index contributed by atoms with van der Waals surface area (Å²) in [5.74, 6) is -0.281. The highest BCUT2D eigenvalue weighted by molar-refractivity contribution is 5.68. The first-order valence-corrected chi connectivity index (χ1v) is 6.25. The third-order valence-electron chi connectivity index (χ3n) is 3.15. The normalized spacial score (nSPS) is 16.1. The molecule has 1 aliphatic rings. The topological polar surface area (TPSA) is 106 Å². The van der Waals surface area contributed by atoms with Crippen LogP contribution >= 0.6 is 0 Å². The molecule has 1 saturated heterocycles. The van der Waals surface area contributed by atoms with Crippen molar-refractivity contribution in [2.45, 2.75) is 18.9 Å². The highest BCUT2D eigenvalue weighted by Gasteiger charge is 2.21. The first-order valence-electron chi connectivity index (χ1n) is 6.25. The van der Waals surface area contributed by atoms with Crippen LogP contribution in [0.4, 0.5) is 11.5 Å². The van der Waals surface area contributed by atoms with Crippen LogP contribution in [0.1, 0.15) is 12.8 Å². The zero-order chi connectivity index (χ0) is 14.5.